The maximum atomic E-state index is 14.5. The second-order valence-electron chi connectivity index (χ2n) is 16.7. The minimum Gasteiger partial charge on any atom is -0.464 e. The van der Waals surface area contributed by atoms with E-state index in [1.807, 2.05) is 6.92 Å². The van der Waals surface area contributed by atoms with E-state index in [9.17, 15) is 39.0 Å². The maximum Gasteiger partial charge on any atom is 0.341 e. The molecule has 0 aromatic carbocycles. The SMILES string of the molecule is CC(=O)O[C@H]1[C@H]2[C@H]([C@@H]3[C@@H](OC=O)[C@@H]4[C@H]([C@H](C)[C@H]5O[C@]56OC(=O)[C@@](C)(O)[C@]46C)[C@@]3(C)[C@H]1OC(C)=O)[C@@H](O)C(=O)[C@H]1C[C@@H]3O[C@@H]3[C@H](OC(C)=O)[C@]21C. The maximum absolute atomic E-state index is 14.5. The summed E-state index contributed by atoms with van der Waals surface area (Å²) < 4.78 is 42.3. The highest BCUT2D eigenvalue weighted by molar-refractivity contribution is 5.88. The van der Waals surface area contributed by atoms with Gasteiger partial charge in [0.1, 0.15) is 42.7 Å². The van der Waals surface area contributed by atoms with Crippen molar-refractivity contribution in [1.29, 1.82) is 0 Å². The summed E-state index contributed by atoms with van der Waals surface area (Å²) in [5.41, 5.74) is -6.37. The molecule has 8 fully saturated rings. The number of fused-ring (bicyclic) bond motifs is 9. The van der Waals surface area contributed by atoms with Gasteiger partial charge in [-0.15, -0.1) is 0 Å². The number of hydrogen-bond acceptors (Lipinski definition) is 15. The zero-order valence-corrected chi connectivity index (χ0v) is 29.1. The predicted octanol–water partition coefficient (Wildman–Crippen LogP) is 0.234. The number of carbonyl (C=O) groups excluding carboxylic acids is 6. The van der Waals surface area contributed by atoms with Gasteiger partial charge in [0.25, 0.3) is 6.47 Å². The van der Waals surface area contributed by atoms with Crippen LogP contribution in [0.2, 0.25) is 0 Å². The Kier molecular flexibility index (Phi) is 6.82. The van der Waals surface area contributed by atoms with Crippen LogP contribution in [0.3, 0.4) is 0 Å². The second kappa shape index (κ2) is 10.0. The van der Waals surface area contributed by atoms with E-state index >= 15 is 0 Å². The highest BCUT2D eigenvalue weighted by atomic mass is 16.8. The summed E-state index contributed by atoms with van der Waals surface area (Å²) in [6, 6.07) is 0. The molecule has 1 spiro atoms. The van der Waals surface area contributed by atoms with Crippen LogP contribution in [-0.2, 0) is 61.9 Å². The van der Waals surface area contributed by atoms with Crippen molar-refractivity contribution < 1.29 is 72.1 Å². The number of epoxide rings is 2. The number of carbonyl (C=O) groups is 6. The molecule has 3 aliphatic heterocycles. The van der Waals surface area contributed by atoms with E-state index in [4.69, 9.17) is 33.2 Å². The lowest BCUT2D eigenvalue weighted by Crippen LogP contribution is -2.74. The number of aliphatic hydroxyl groups excluding tert-OH is 1. The summed E-state index contributed by atoms with van der Waals surface area (Å²) in [7, 11) is 0. The molecule has 15 heteroatoms. The minimum absolute atomic E-state index is 0.212. The fourth-order valence-corrected chi connectivity index (χ4v) is 13.1. The first-order valence-corrected chi connectivity index (χ1v) is 17.4. The molecule has 8 rings (SSSR count). The van der Waals surface area contributed by atoms with Gasteiger partial charge in [0.05, 0.1) is 11.5 Å². The molecule has 0 aromatic rings. The first-order chi connectivity index (χ1) is 23.3. The van der Waals surface area contributed by atoms with Crippen LogP contribution in [0, 0.1) is 57.7 Å². The Labute approximate surface area is 287 Å². The van der Waals surface area contributed by atoms with Crippen LogP contribution in [-0.4, -0.2) is 107 Å². The number of esters is 4. The van der Waals surface area contributed by atoms with Gasteiger partial charge in [0.15, 0.2) is 11.4 Å². The molecule has 15 nitrogen and oxygen atoms in total. The van der Waals surface area contributed by atoms with E-state index < -0.39 is 148 Å². The highest BCUT2D eigenvalue weighted by Crippen LogP contribution is 2.81. The van der Waals surface area contributed by atoms with Crippen LogP contribution < -0.4 is 0 Å². The third-order valence-electron chi connectivity index (χ3n) is 14.9. The molecule has 0 amide bonds. The monoisotopic (exact) mass is 704 g/mol. The topological polar surface area (TPSA) is 214 Å². The molecule has 2 N–H and O–H groups in total. The van der Waals surface area contributed by atoms with Crippen molar-refractivity contribution in [2.24, 2.45) is 57.7 Å². The summed E-state index contributed by atoms with van der Waals surface area (Å²) in [6.45, 7) is 12.3. The molecule has 0 unspecified atom stereocenters. The molecule has 0 bridgehead atoms. The fraction of sp³-hybridized carbons (Fsp3) is 0.829. The molecule has 0 radical (unpaired) electrons. The van der Waals surface area contributed by atoms with Crippen molar-refractivity contribution in [3.05, 3.63) is 0 Å². The predicted molar refractivity (Wildman–Crippen MR) is 161 cm³/mol. The number of hydrogen-bond donors (Lipinski definition) is 2. The minimum atomic E-state index is -2.15. The lowest BCUT2D eigenvalue weighted by Gasteiger charge is -2.65. The molecule has 20 atom stereocenters. The van der Waals surface area contributed by atoms with Crippen LogP contribution >= 0.6 is 0 Å². The molecule has 50 heavy (non-hydrogen) atoms. The van der Waals surface area contributed by atoms with Crippen LogP contribution in [0.5, 0.6) is 0 Å². The summed E-state index contributed by atoms with van der Waals surface area (Å²) >= 11 is 0. The molecule has 5 saturated carbocycles. The van der Waals surface area contributed by atoms with Gasteiger partial charge in [0, 0.05) is 61.2 Å². The van der Waals surface area contributed by atoms with Crippen LogP contribution in [0.15, 0.2) is 0 Å². The summed E-state index contributed by atoms with van der Waals surface area (Å²) in [5.74, 6) is -11.2. The van der Waals surface area contributed by atoms with E-state index in [1.165, 1.54) is 27.7 Å². The summed E-state index contributed by atoms with van der Waals surface area (Å²) in [5, 5.41) is 24.3. The number of ether oxygens (including phenoxy) is 7. The number of ketones is 1. The van der Waals surface area contributed by atoms with Crippen molar-refractivity contribution in [3.8, 4) is 0 Å². The van der Waals surface area contributed by atoms with Gasteiger partial charge < -0.3 is 43.4 Å². The van der Waals surface area contributed by atoms with Crippen LogP contribution in [0.25, 0.3) is 0 Å². The lowest BCUT2D eigenvalue weighted by molar-refractivity contribution is -0.273. The van der Waals surface area contributed by atoms with Gasteiger partial charge in [-0.25, -0.2) is 4.79 Å². The van der Waals surface area contributed by atoms with E-state index in [0.29, 0.717) is 0 Å². The lowest BCUT2D eigenvalue weighted by atomic mass is 9.41. The normalized spacial score (nSPS) is 57.5. The number of aliphatic hydroxyl groups is 2. The van der Waals surface area contributed by atoms with Gasteiger partial charge in [0.2, 0.25) is 5.79 Å². The third-order valence-corrected chi connectivity index (χ3v) is 14.9. The Bertz CT molecular complexity index is 1610. The Hall–Kier alpha value is -3.14. The zero-order chi connectivity index (χ0) is 36.4. The number of rotatable bonds is 5. The molecule has 3 saturated heterocycles. The Morgan fingerprint density at radius 1 is 0.860 bits per heavy atom. The Morgan fingerprint density at radius 3 is 2.06 bits per heavy atom. The average Bonchev–Trinajstić information content (AvgIpc) is 3.92. The van der Waals surface area contributed by atoms with Gasteiger partial charge in [-0.2, -0.15) is 0 Å². The van der Waals surface area contributed by atoms with Gasteiger partial charge in [-0.3, -0.25) is 24.0 Å². The summed E-state index contributed by atoms with van der Waals surface area (Å²) in [6.07, 6.45) is -7.94. The largest absolute Gasteiger partial charge is 0.464 e. The van der Waals surface area contributed by atoms with E-state index in [0.717, 1.165) is 0 Å². The quantitative estimate of drug-likeness (QED) is 0.170. The first-order valence-electron chi connectivity index (χ1n) is 17.4. The van der Waals surface area contributed by atoms with Crippen molar-refractivity contribution in [2.45, 2.75) is 122 Å². The van der Waals surface area contributed by atoms with Crippen molar-refractivity contribution in [2.75, 3.05) is 0 Å². The Morgan fingerprint density at radius 2 is 1.46 bits per heavy atom. The third kappa shape index (κ3) is 3.65. The number of Topliss-reactive ketones (excluding diaryl/α,β-unsaturated/α-hetero) is 1. The smallest absolute Gasteiger partial charge is 0.341 e. The molecule has 5 aliphatic carbocycles. The van der Waals surface area contributed by atoms with Gasteiger partial charge in [-0.1, -0.05) is 20.8 Å². The standard InChI is InChI=1S/C35H44O15/c1-11-18-21(33(7)34(8,43)30(42)50-35(33)27(11)49-35)25(44-10-36)19-17-20(26(45-12(2)37)29(32(18,19)6)47-14(4)39)31(5)15(22(40)23(17)41)9-16-24(48-16)28(31)46-13(3)38/h10-11,15-21,23-29,41,43H,9H2,1-8H3/t11-,15+,16-,17-,18-,19+,20+,21-,23+,24-,25+,26-,27+,28-,29-,31-,32+,33-,34+,35-/m0/s1. The van der Waals surface area contributed by atoms with Crippen LogP contribution in [0.4, 0.5) is 0 Å². The van der Waals surface area contributed by atoms with Crippen molar-refractivity contribution in [3.63, 3.8) is 0 Å². The average molecular weight is 705 g/mol. The van der Waals surface area contributed by atoms with Crippen molar-refractivity contribution >= 4 is 36.1 Å². The zero-order valence-electron chi connectivity index (χ0n) is 29.1. The first kappa shape index (κ1) is 34.0. The van der Waals surface area contributed by atoms with Crippen LogP contribution in [0.1, 0.15) is 61.8 Å². The second-order valence-corrected chi connectivity index (χ2v) is 16.7. The van der Waals surface area contributed by atoms with Gasteiger partial charge in [-0.05, 0) is 32.1 Å². The van der Waals surface area contributed by atoms with Crippen molar-refractivity contribution in [1.82, 2.24) is 0 Å². The molecular weight excluding hydrogens is 660 g/mol. The molecular formula is C35H44O15. The molecule has 274 valence electrons. The molecule has 8 aliphatic rings. The van der Waals surface area contributed by atoms with E-state index in [2.05, 4.69) is 0 Å². The Balaban J connectivity index is 1.41. The fourth-order valence-electron chi connectivity index (χ4n) is 13.1. The van der Waals surface area contributed by atoms with E-state index in [1.54, 1.807) is 20.8 Å². The molecule has 3 heterocycles. The molecule has 0 aromatic heterocycles. The van der Waals surface area contributed by atoms with E-state index in [-0.39, 0.29) is 12.9 Å². The highest BCUT2D eigenvalue weighted by Gasteiger charge is 2.93. The van der Waals surface area contributed by atoms with Gasteiger partial charge >= 0.3 is 23.9 Å². The summed E-state index contributed by atoms with van der Waals surface area (Å²) in [4.78, 5) is 79.2.